The van der Waals surface area contributed by atoms with E-state index in [4.69, 9.17) is 8.53 Å². The minimum atomic E-state index is -2.09. The SMILES string of the molecule is [2H]C([2H])([2H])c1ccc(-c2cccc3c2oc2cnccc23)cc1. The van der Waals surface area contributed by atoms with Gasteiger partial charge in [-0.15, -0.1) is 0 Å². The van der Waals surface area contributed by atoms with Gasteiger partial charge in [0.2, 0.25) is 0 Å². The molecule has 4 rings (SSSR count). The molecule has 2 heterocycles. The summed E-state index contributed by atoms with van der Waals surface area (Å²) in [7, 11) is 0. The third kappa shape index (κ3) is 1.62. The van der Waals surface area contributed by atoms with Gasteiger partial charge in [-0.3, -0.25) is 4.98 Å². The van der Waals surface area contributed by atoms with Crippen LogP contribution in [0, 0.1) is 6.85 Å². The normalized spacial score (nSPS) is 14.1. The van der Waals surface area contributed by atoms with E-state index in [0.717, 1.165) is 33.1 Å². The summed E-state index contributed by atoms with van der Waals surface area (Å²) in [5.41, 5.74) is 3.74. The molecule has 4 aromatic rings. The highest BCUT2D eigenvalue weighted by atomic mass is 16.3. The van der Waals surface area contributed by atoms with Crippen LogP contribution in [0.3, 0.4) is 0 Å². The van der Waals surface area contributed by atoms with Crippen LogP contribution in [0.15, 0.2) is 65.3 Å². The van der Waals surface area contributed by atoms with E-state index < -0.39 is 6.85 Å². The molecule has 0 aliphatic rings. The lowest BCUT2D eigenvalue weighted by molar-refractivity contribution is 0.668. The number of pyridine rings is 1. The van der Waals surface area contributed by atoms with E-state index >= 15 is 0 Å². The van der Waals surface area contributed by atoms with Crippen LogP contribution in [0.5, 0.6) is 0 Å². The highest BCUT2D eigenvalue weighted by Gasteiger charge is 2.11. The third-order valence-corrected chi connectivity index (χ3v) is 3.50. The Labute approximate surface area is 120 Å². The zero-order chi connectivity index (χ0) is 16.0. The van der Waals surface area contributed by atoms with Crippen LogP contribution < -0.4 is 0 Å². The van der Waals surface area contributed by atoms with Crippen molar-refractivity contribution in [2.24, 2.45) is 0 Å². The standard InChI is InChI=1S/C18H13NO/c1-12-5-7-13(8-6-12)14-3-2-4-16-15-9-10-19-11-17(15)20-18(14)16/h2-11H,1H3/i1D3. The van der Waals surface area contributed by atoms with Gasteiger partial charge < -0.3 is 4.42 Å². The number of rotatable bonds is 1. The van der Waals surface area contributed by atoms with Gasteiger partial charge in [-0.1, -0.05) is 48.0 Å². The van der Waals surface area contributed by atoms with Crippen LogP contribution >= 0.6 is 0 Å². The molecule has 0 aliphatic heterocycles. The molecule has 0 unspecified atom stereocenters. The lowest BCUT2D eigenvalue weighted by Crippen LogP contribution is -1.79. The quantitative estimate of drug-likeness (QED) is 0.484. The monoisotopic (exact) mass is 262 g/mol. The van der Waals surface area contributed by atoms with Crippen LogP contribution in [-0.4, -0.2) is 4.98 Å². The molecule has 0 fully saturated rings. The molecule has 0 aliphatic carbocycles. The number of nitrogens with zero attached hydrogens (tertiary/aromatic N) is 1. The maximum Gasteiger partial charge on any atom is 0.153 e. The number of para-hydroxylation sites is 1. The largest absolute Gasteiger partial charge is 0.454 e. The molecular weight excluding hydrogens is 246 g/mol. The van der Waals surface area contributed by atoms with Gasteiger partial charge in [0, 0.05) is 26.6 Å². The molecule has 0 N–H and O–H groups in total. The summed E-state index contributed by atoms with van der Waals surface area (Å²) in [6.07, 6.45) is 3.45. The van der Waals surface area contributed by atoms with Gasteiger partial charge in [0.15, 0.2) is 5.58 Å². The molecule has 20 heavy (non-hydrogen) atoms. The Kier molecular flexibility index (Phi) is 1.79. The Bertz CT molecular complexity index is 1000. The second-order valence-corrected chi connectivity index (χ2v) is 4.73. The minimum Gasteiger partial charge on any atom is -0.454 e. The van der Waals surface area contributed by atoms with Crippen LogP contribution in [0.25, 0.3) is 33.1 Å². The molecule has 0 saturated heterocycles. The van der Waals surface area contributed by atoms with Crippen molar-refractivity contribution >= 4 is 21.9 Å². The van der Waals surface area contributed by atoms with Crippen LogP contribution in [0.1, 0.15) is 9.68 Å². The van der Waals surface area contributed by atoms with E-state index in [9.17, 15) is 0 Å². The number of aromatic nitrogens is 1. The summed E-state index contributed by atoms with van der Waals surface area (Å²) in [5, 5.41) is 2.05. The van der Waals surface area contributed by atoms with Crippen molar-refractivity contribution in [1.29, 1.82) is 0 Å². The Morgan fingerprint density at radius 3 is 2.75 bits per heavy atom. The third-order valence-electron chi connectivity index (χ3n) is 3.50. The molecule has 2 aromatic heterocycles. The Morgan fingerprint density at radius 2 is 1.90 bits per heavy atom. The fourth-order valence-electron chi connectivity index (χ4n) is 2.53. The molecule has 2 heteroatoms. The zero-order valence-corrected chi connectivity index (χ0v) is 10.6. The van der Waals surface area contributed by atoms with Gasteiger partial charge >= 0.3 is 0 Å². The van der Waals surface area contributed by atoms with Gasteiger partial charge in [-0.2, -0.15) is 0 Å². The van der Waals surface area contributed by atoms with Crippen LogP contribution in [0.4, 0.5) is 0 Å². The first kappa shape index (κ1) is 8.54. The fourth-order valence-corrected chi connectivity index (χ4v) is 2.53. The molecule has 2 aromatic carbocycles. The molecule has 0 atom stereocenters. The van der Waals surface area contributed by atoms with Gasteiger partial charge in [0.25, 0.3) is 0 Å². The van der Waals surface area contributed by atoms with Crippen molar-refractivity contribution < 1.29 is 8.53 Å². The van der Waals surface area contributed by atoms with Crippen molar-refractivity contribution in [2.75, 3.05) is 0 Å². The van der Waals surface area contributed by atoms with Crippen molar-refractivity contribution in [1.82, 2.24) is 4.98 Å². The second kappa shape index (κ2) is 4.20. The molecule has 0 amide bonds. The first-order chi connectivity index (χ1) is 11.0. The van der Waals surface area contributed by atoms with E-state index in [-0.39, 0.29) is 0 Å². The molecule has 0 saturated carbocycles. The van der Waals surface area contributed by atoms with E-state index in [1.807, 2.05) is 36.4 Å². The Morgan fingerprint density at radius 1 is 1.00 bits per heavy atom. The summed E-state index contributed by atoms with van der Waals surface area (Å²) in [4.78, 5) is 4.09. The highest BCUT2D eigenvalue weighted by molar-refractivity contribution is 6.09. The smallest absolute Gasteiger partial charge is 0.153 e. The molecule has 0 bridgehead atoms. The Hall–Kier alpha value is -2.61. The number of fused-ring (bicyclic) bond motifs is 3. The lowest BCUT2D eigenvalue weighted by atomic mass is 10.0. The molecule has 96 valence electrons. The number of aryl methyl sites for hydroxylation is 1. The number of hydrogen-bond donors (Lipinski definition) is 0. The number of benzene rings is 2. The van der Waals surface area contributed by atoms with Crippen molar-refractivity contribution in [2.45, 2.75) is 6.85 Å². The van der Waals surface area contributed by atoms with Gasteiger partial charge in [0.05, 0.1) is 6.20 Å². The molecular formula is C18H13NO. The minimum absolute atomic E-state index is 0.335. The van der Waals surface area contributed by atoms with E-state index in [2.05, 4.69) is 4.98 Å². The van der Waals surface area contributed by atoms with E-state index in [1.165, 1.54) is 0 Å². The van der Waals surface area contributed by atoms with E-state index in [1.54, 1.807) is 24.5 Å². The van der Waals surface area contributed by atoms with Crippen molar-refractivity contribution in [3.05, 3.63) is 66.5 Å². The first-order valence-corrected chi connectivity index (χ1v) is 6.40. The highest BCUT2D eigenvalue weighted by Crippen LogP contribution is 2.35. The topological polar surface area (TPSA) is 26.0 Å². The van der Waals surface area contributed by atoms with Gasteiger partial charge in [-0.25, -0.2) is 0 Å². The summed E-state index contributed by atoms with van der Waals surface area (Å²) >= 11 is 0. The summed E-state index contributed by atoms with van der Waals surface area (Å²) in [6, 6.07) is 14.8. The fraction of sp³-hybridized carbons (Fsp3) is 0.0556. The Balaban J connectivity index is 1.92. The number of furan rings is 1. The van der Waals surface area contributed by atoms with E-state index in [0.29, 0.717) is 5.56 Å². The van der Waals surface area contributed by atoms with Crippen molar-refractivity contribution in [3.63, 3.8) is 0 Å². The maximum absolute atomic E-state index is 7.46. The summed E-state index contributed by atoms with van der Waals surface area (Å²) in [5.74, 6) is 0. The van der Waals surface area contributed by atoms with Gasteiger partial charge in [-0.05, 0) is 18.5 Å². The maximum atomic E-state index is 7.46. The average Bonchev–Trinajstić information content (AvgIpc) is 2.93. The molecule has 0 spiro atoms. The molecule has 2 nitrogen and oxygen atoms in total. The van der Waals surface area contributed by atoms with Crippen molar-refractivity contribution in [3.8, 4) is 11.1 Å². The summed E-state index contributed by atoms with van der Waals surface area (Å²) in [6.45, 7) is -2.09. The predicted octanol–water partition coefficient (Wildman–Crippen LogP) is 4.96. The lowest BCUT2D eigenvalue weighted by Gasteiger charge is -2.03. The second-order valence-electron chi connectivity index (χ2n) is 4.73. The average molecular weight is 262 g/mol. The number of hydrogen-bond acceptors (Lipinski definition) is 2. The zero-order valence-electron chi connectivity index (χ0n) is 13.6. The summed E-state index contributed by atoms with van der Waals surface area (Å²) < 4.78 is 28.3. The van der Waals surface area contributed by atoms with Crippen LogP contribution in [-0.2, 0) is 0 Å². The predicted molar refractivity (Wildman–Crippen MR) is 81.7 cm³/mol. The first-order valence-electron chi connectivity index (χ1n) is 7.90. The van der Waals surface area contributed by atoms with Crippen LogP contribution in [0.2, 0.25) is 0 Å². The van der Waals surface area contributed by atoms with Gasteiger partial charge in [0.1, 0.15) is 5.58 Å². The molecule has 0 radical (unpaired) electrons.